The summed E-state index contributed by atoms with van der Waals surface area (Å²) >= 11 is 5.95. The summed E-state index contributed by atoms with van der Waals surface area (Å²) in [7, 11) is 0. The Kier molecular flexibility index (Phi) is 3.34. The monoisotopic (exact) mass is 325 g/mol. The van der Waals surface area contributed by atoms with E-state index in [4.69, 9.17) is 11.6 Å². The topological polar surface area (TPSA) is 49.0 Å². The maximum atomic E-state index is 12.2. The van der Waals surface area contributed by atoms with Crippen LogP contribution in [0.15, 0.2) is 41.2 Å². The third kappa shape index (κ3) is 2.59. The Morgan fingerprint density at radius 1 is 1.26 bits per heavy atom. The summed E-state index contributed by atoms with van der Waals surface area (Å²) in [5.41, 5.74) is 4.40. The summed E-state index contributed by atoms with van der Waals surface area (Å²) in [6.07, 6.45) is 1.03. The number of rotatable bonds is 2. The van der Waals surface area contributed by atoms with Crippen molar-refractivity contribution < 1.29 is 0 Å². The van der Waals surface area contributed by atoms with E-state index in [2.05, 4.69) is 40.0 Å². The van der Waals surface area contributed by atoms with Crippen LogP contribution in [-0.4, -0.2) is 16.5 Å². The number of halogens is 1. The summed E-state index contributed by atoms with van der Waals surface area (Å²) in [5.74, 6) is 0.679. The molecule has 0 atom stereocenters. The summed E-state index contributed by atoms with van der Waals surface area (Å²) in [5, 5.41) is 1.07. The molecular formula is C18H16ClN3O. The molecule has 0 radical (unpaired) electrons. The third-order valence-electron chi connectivity index (χ3n) is 4.28. The Labute approximate surface area is 138 Å². The highest BCUT2D eigenvalue weighted by molar-refractivity contribution is 6.31. The van der Waals surface area contributed by atoms with E-state index in [0.29, 0.717) is 28.3 Å². The van der Waals surface area contributed by atoms with Gasteiger partial charge in [0.1, 0.15) is 5.82 Å². The fourth-order valence-corrected chi connectivity index (χ4v) is 3.35. The second-order valence-electron chi connectivity index (χ2n) is 5.98. The van der Waals surface area contributed by atoms with Gasteiger partial charge in [0.05, 0.1) is 17.4 Å². The molecule has 0 unspecified atom stereocenters. The standard InChI is InChI=1S/C18H16ClN3O/c1-11-2-5-16-12(8-11)6-7-22(16)10-17-20-15-4-3-13(19)9-14(15)18(23)21-17/h2-5,8-9H,6-7,10H2,1H3,(H,20,21,23). The summed E-state index contributed by atoms with van der Waals surface area (Å²) < 4.78 is 0. The number of hydrogen-bond donors (Lipinski definition) is 1. The molecule has 1 aliphatic rings. The van der Waals surface area contributed by atoms with Crippen molar-refractivity contribution in [3.63, 3.8) is 0 Å². The van der Waals surface area contributed by atoms with Gasteiger partial charge in [-0.3, -0.25) is 4.79 Å². The van der Waals surface area contributed by atoms with E-state index in [-0.39, 0.29) is 5.56 Å². The van der Waals surface area contributed by atoms with Crippen molar-refractivity contribution in [2.75, 3.05) is 11.4 Å². The van der Waals surface area contributed by atoms with Gasteiger partial charge >= 0.3 is 0 Å². The zero-order chi connectivity index (χ0) is 16.0. The SMILES string of the molecule is Cc1ccc2c(c1)CCN2Cc1nc2ccc(Cl)cc2c(=O)[nH]1. The Balaban J connectivity index is 1.70. The highest BCUT2D eigenvalue weighted by Gasteiger charge is 2.20. The first-order valence-electron chi connectivity index (χ1n) is 7.63. The highest BCUT2D eigenvalue weighted by Crippen LogP contribution is 2.29. The molecule has 116 valence electrons. The lowest BCUT2D eigenvalue weighted by Crippen LogP contribution is -2.23. The lowest BCUT2D eigenvalue weighted by molar-refractivity contribution is 0.787. The normalized spacial score (nSPS) is 13.6. The zero-order valence-corrected chi connectivity index (χ0v) is 13.5. The number of nitrogens with zero attached hydrogens (tertiary/aromatic N) is 2. The lowest BCUT2D eigenvalue weighted by Gasteiger charge is -2.19. The predicted molar refractivity (Wildman–Crippen MR) is 93.3 cm³/mol. The van der Waals surface area contributed by atoms with E-state index in [1.807, 2.05) is 0 Å². The van der Waals surface area contributed by atoms with Crippen LogP contribution in [0.4, 0.5) is 5.69 Å². The van der Waals surface area contributed by atoms with E-state index in [0.717, 1.165) is 13.0 Å². The molecule has 0 spiro atoms. The van der Waals surface area contributed by atoms with Crippen LogP contribution in [0, 0.1) is 6.92 Å². The molecule has 0 saturated heterocycles. The van der Waals surface area contributed by atoms with Crippen molar-refractivity contribution in [3.05, 3.63) is 68.7 Å². The van der Waals surface area contributed by atoms with Gasteiger partial charge in [-0.25, -0.2) is 4.98 Å². The Morgan fingerprint density at radius 3 is 3.00 bits per heavy atom. The minimum absolute atomic E-state index is 0.143. The third-order valence-corrected chi connectivity index (χ3v) is 4.52. The molecule has 1 N–H and O–H groups in total. The largest absolute Gasteiger partial charge is 0.364 e. The number of H-pyrrole nitrogens is 1. The van der Waals surface area contributed by atoms with Crippen LogP contribution in [-0.2, 0) is 13.0 Å². The van der Waals surface area contributed by atoms with Gasteiger partial charge in [0.25, 0.3) is 5.56 Å². The minimum atomic E-state index is -0.143. The molecule has 0 bridgehead atoms. The Bertz CT molecular complexity index is 964. The predicted octanol–water partition coefficient (Wildman–Crippen LogP) is 3.45. The van der Waals surface area contributed by atoms with Crippen molar-refractivity contribution in [2.24, 2.45) is 0 Å². The van der Waals surface area contributed by atoms with Crippen molar-refractivity contribution in [1.29, 1.82) is 0 Å². The second kappa shape index (κ2) is 5.39. The fourth-order valence-electron chi connectivity index (χ4n) is 3.18. The van der Waals surface area contributed by atoms with Gasteiger partial charge in [-0.15, -0.1) is 0 Å². The van der Waals surface area contributed by atoms with Crippen LogP contribution in [0.5, 0.6) is 0 Å². The zero-order valence-electron chi connectivity index (χ0n) is 12.8. The molecule has 2 aromatic carbocycles. The summed E-state index contributed by atoms with van der Waals surface area (Å²) in [6, 6.07) is 11.7. The number of fused-ring (bicyclic) bond motifs is 2. The lowest BCUT2D eigenvalue weighted by atomic mass is 10.1. The van der Waals surface area contributed by atoms with Crippen LogP contribution in [0.1, 0.15) is 17.0 Å². The van der Waals surface area contributed by atoms with Crippen LogP contribution in [0.25, 0.3) is 10.9 Å². The average Bonchev–Trinajstić information content (AvgIpc) is 2.90. The van der Waals surface area contributed by atoms with Crippen LogP contribution >= 0.6 is 11.6 Å². The Morgan fingerprint density at radius 2 is 2.13 bits per heavy atom. The maximum Gasteiger partial charge on any atom is 0.258 e. The average molecular weight is 326 g/mol. The molecule has 4 rings (SSSR count). The van der Waals surface area contributed by atoms with Crippen molar-refractivity contribution in [2.45, 2.75) is 19.9 Å². The number of aryl methyl sites for hydroxylation is 1. The first-order valence-corrected chi connectivity index (χ1v) is 8.01. The molecule has 5 heteroatoms. The highest BCUT2D eigenvalue weighted by atomic mass is 35.5. The number of anilines is 1. The number of aromatic nitrogens is 2. The summed E-state index contributed by atoms with van der Waals surface area (Å²) in [4.78, 5) is 22.0. The molecule has 1 aromatic heterocycles. The fraction of sp³-hybridized carbons (Fsp3) is 0.222. The van der Waals surface area contributed by atoms with E-state index in [1.165, 1.54) is 16.8 Å². The minimum Gasteiger partial charge on any atom is -0.364 e. The molecular weight excluding hydrogens is 310 g/mol. The van der Waals surface area contributed by atoms with Crippen molar-refractivity contribution >= 4 is 28.2 Å². The molecule has 0 fully saturated rings. The van der Waals surface area contributed by atoms with Gasteiger partial charge in [0.2, 0.25) is 0 Å². The quantitative estimate of drug-likeness (QED) is 0.785. The van der Waals surface area contributed by atoms with Crippen LogP contribution in [0.2, 0.25) is 5.02 Å². The van der Waals surface area contributed by atoms with Gasteiger partial charge in [0, 0.05) is 17.3 Å². The number of hydrogen-bond acceptors (Lipinski definition) is 3. The van der Waals surface area contributed by atoms with Gasteiger partial charge in [-0.05, 0) is 43.2 Å². The molecule has 0 aliphatic carbocycles. The van der Waals surface area contributed by atoms with Gasteiger partial charge in [0.15, 0.2) is 0 Å². The first kappa shape index (κ1) is 14.3. The first-order chi connectivity index (χ1) is 11.1. The number of aromatic amines is 1. The van der Waals surface area contributed by atoms with E-state index < -0.39 is 0 Å². The van der Waals surface area contributed by atoms with Gasteiger partial charge in [-0.1, -0.05) is 29.3 Å². The molecule has 23 heavy (non-hydrogen) atoms. The maximum absolute atomic E-state index is 12.2. The summed E-state index contributed by atoms with van der Waals surface area (Å²) in [6.45, 7) is 3.65. The number of nitrogens with one attached hydrogen (secondary N) is 1. The molecule has 3 aromatic rings. The van der Waals surface area contributed by atoms with Crippen LogP contribution in [0.3, 0.4) is 0 Å². The van der Waals surface area contributed by atoms with E-state index >= 15 is 0 Å². The molecule has 0 amide bonds. The molecule has 1 aliphatic heterocycles. The van der Waals surface area contributed by atoms with Gasteiger partial charge in [-0.2, -0.15) is 0 Å². The van der Waals surface area contributed by atoms with Crippen molar-refractivity contribution in [3.8, 4) is 0 Å². The smallest absolute Gasteiger partial charge is 0.258 e. The molecule has 0 saturated carbocycles. The van der Waals surface area contributed by atoms with Gasteiger partial charge < -0.3 is 9.88 Å². The second-order valence-corrected chi connectivity index (χ2v) is 6.41. The number of benzene rings is 2. The van der Waals surface area contributed by atoms with Crippen LogP contribution < -0.4 is 10.5 Å². The van der Waals surface area contributed by atoms with E-state index in [1.54, 1.807) is 18.2 Å². The molecule has 2 heterocycles. The molecule has 4 nitrogen and oxygen atoms in total. The van der Waals surface area contributed by atoms with Crippen molar-refractivity contribution in [1.82, 2.24) is 9.97 Å². The van der Waals surface area contributed by atoms with E-state index in [9.17, 15) is 4.79 Å². The Hall–Kier alpha value is -2.33.